The summed E-state index contributed by atoms with van der Waals surface area (Å²) >= 11 is 0. The lowest BCUT2D eigenvalue weighted by molar-refractivity contribution is -0.133. The predicted molar refractivity (Wildman–Crippen MR) is 107 cm³/mol. The minimum Gasteiger partial charge on any atom is -0.345 e. The van der Waals surface area contributed by atoms with Gasteiger partial charge in [-0.15, -0.1) is 0 Å². The van der Waals surface area contributed by atoms with Crippen LogP contribution in [-0.2, 0) is 11.3 Å². The molecule has 1 saturated carbocycles. The first-order chi connectivity index (χ1) is 12.6. The Morgan fingerprint density at radius 2 is 1.96 bits per heavy atom. The molecule has 0 spiro atoms. The van der Waals surface area contributed by atoms with Crippen molar-refractivity contribution in [3.63, 3.8) is 0 Å². The molecule has 4 nitrogen and oxygen atoms in total. The van der Waals surface area contributed by atoms with E-state index in [0.29, 0.717) is 24.8 Å². The smallest absolute Gasteiger partial charge is 0.222 e. The van der Waals surface area contributed by atoms with Crippen LogP contribution in [0.25, 0.3) is 0 Å². The van der Waals surface area contributed by atoms with Gasteiger partial charge in [0.05, 0.1) is 0 Å². The molecule has 1 heterocycles. The van der Waals surface area contributed by atoms with Gasteiger partial charge in [-0.25, -0.2) is 0 Å². The number of carbonyl (C=O) groups excluding carboxylic acids is 1. The molecule has 144 valence electrons. The van der Waals surface area contributed by atoms with E-state index in [9.17, 15) is 4.79 Å². The highest BCUT2D eigenvalue weighted by Crippen LogP contribution is 2.38. The summed E-state index contributed by atoms with van der Waals surface area (Å²) in [7, 11) is 1.98. The van der Waals surface area contributed by atoms with Crippen LogP contribution in [-0.4, -0.2) is 48.9 Å². The first kappa shape index (κ1) is 19.4. The van der Waals surface area contributed by atoms with Crippen molar-refractivity contribution in [3.8, 4) is 0 Å². The third kappa shape index (κ3) is 5.08. The van der Waals surface area contributed by atoms with Crippen molar-refractivity contribution in [2.75, 3.05) is 33.2 Å². The number of likely N-dealkylation sites (tertiary alicyclic amines) is 1. The van der Waals surface area contributed by atoms with Crippen LogP contribution in [0.15, 0.2) is 30.3 Å². The van der Waals surface area contributed by atoms with Gasteiger partial charge in [-0.3, -0.25) is 9.69 Å². The Morgan fingerprint density at radius 1 is 1.23 bits per heavy atom. The van der Waals surface area contributed by atoms with Gasteiger partial charge in [0.15, 0.2) is 0 Å². The summed E-state index contributed by atoms with van der Waals surface area (Å²) in [5, 5.41) is 0. The summed E-state index contributed by atoms with van der Waals surface area (Å²) in [4.78, 5) is 17.3. The largest absolute Gasteiger partial charge is 0.345 e. The fourth-order valence-electron chi connectivity index (χ4n) is 4.75. The molecule has 1 atom stereocenters. The molecule has 0 aromatic heterocycles. The maximum atomic E-state index is 12.8. The Kier molecular flexibility index (Phi) is 6.71. The van der Waals surface area contributed by atoms with Gasteiger partial charge in [0, 0.05) is 33.1 Å². The van der Waals surface area contributed by atoms with Crippen LogP contribution in [0.3, 0.4) is 0 Å². The Hall–Kier alpha value is -1.39. The summed E-state index contributed by atoms with van der Waals surface area (Å²) in [6.07, 6.45) is 7.82. The molecule has 0 bridgehead atoms. The Balaban J connectivity index is 1.45. The number of hydrogen-bond acceptors (Lipinski definition) is 3. The molecule has 1 aliphatic carbocycles. The van der Waals surface area contributed by atoms with Gasteiger partial charge in [-0.05, 0) is 49.2 Å². The molecule has 2 N–H and O–H groups in total. The van der Waals surface area contributed by atoms with Crippen molar-refractivity contribution in [2.24, 2.45) is 17.1 Å². The highest BCUT2D eigenvalue weighted by Gasteiger charge is 2.34. The van der Waals surface area contributed by atoms with Gasteiger partial charge in [-0.2, -0.15) is 0 Å². The van der Waals surface area contributed by atoms with E-state index in [2.05, 4.69) is 35.2 Å². The second kappa shape index (κ2) is 9.01. The first-order valence-electron chi connectivity index (χ1n) is 10.3. The molecule has 1 unspecified atom stereocenters. The van der Waals surface area contributed by atoms with Crippen LogP contribution in [0.2, 0.25) is 0 Å². The second-order valence-electron chi connectivity index (χ2n) is 8.59. The zero-order valence-electron chi connectivity index (χ0n) is 16.3. The average Bonchev–Trinajstić information content (AvgIpc) is 3.10. The average molecular weight is 358 g/mol. The van der Waals surface area contributed by atoms with Crippen LogP contribution < -0.4 is 5.73 Å². The van der Waals surface area contributed by atoms with E-state index in [1.165, 1.54) is 31.2 Å². The third-order valence-corrected chi connectivity index (χ3v) is 6.45. The monoisotopic (exact) mass is 357 g/mol. The Morgan fingerprint density at radius 3 is 2.65 bits per heavy atom. The van der Waals surface area contributed by atoms with Crippen molar-refractivity contribution in [1.29, 1.82) is 0 Å². The molecule has 3 rings (SSSR count). The number of hydrogen-bond donors (Lipinski definition) is 1. The number of benzene rings is 1. The molecular formula is C22H35N3O. The molecule has 4 heteroatoms. The summed E-state index contributed by atoms with van der Waals surface area (Å²) in [6, 6.07) is 10.7. The predicted octanol–water partition coefficient (Wildman–Crippen LogP) is 3.27. The molecule has 1 aromatic rings. The lowest BCUT2D eigenvalue weighted by atomic mass is 9.71. The van der Waals surface area contributed by atoms with Crippen LogP contribution >= 0.6 is 0 Å². The lowest BCUT2D eigenvalue weighted by Gasteiger charge is -2.37. The summed E-state index contributed by atoms with van der Waals surface area (Å²) in [5.41, 5.74) is 7.51. The van der Waals surface area contributed by atoms with Gasteiger partial charge in [0.1, 0.15) is 0 Å². The second-order valence-corrected chi connectivity index (χ2v) is 8.59. The topological polar surface area (TPSA) is 49.6 Å². The molecule has 26 heavy (non-hydrogen) atoms. The minimum absolute atomic E-state index is 0.0681. The highest BCUT2D eigenvalue weighted by atomic mass is 16.2. The van der Waals surface area contributed by atoms with E-state index in [1.807, 2.05) is 11.9 Å². The van der Waals surface area contributed by atoms with Crippen molar-refractivity contribution < 1.29 is 4.79 Å². The van der Waals surface area contributed by atoms with Crippen LogP contribution in [0, 0.1) is 11.3 Å². The van der Waals surface area contributed by atoms with E-state index in [4.69, 9.17) is 5.73 Å². The van der Waals surface area contributed by atoms with E-state index >= 15 is 0 Å². The number of amides is 1. The molecule has 1 aliphatic heterocycles. The molecule has 2 aliphatic rings. The fraction of sp³-hybridized carbons (Fsp3) is 0.682. The highest BCUT2D eigenvalue weighted by molar-refractivity contribution is 5.76. The molecule has 1 amide bonds. The van der Waals surface area contributed by atoms with Gasteiger partial charge >= 0.3 is 0 Å². The molecule has 0 radical (unpaired) electrons. The Bertz CT molecular complexity index is 568. The normalized spacial score (nSPS) is 23.1. The standard InChI is InChI=1S/C22H35N3O/c1-24(21(26)14-22(18-23)11-6-3-7-12-22)15-20-10-13-25(17-20)16-19-8-4-2-5-9-19/h2,4-5,8-9,20H,3,6-7,10-18,23H2,1H3. The van der Waals surface area contributed by atoms with E-state index in [-0.39, 0.29) is 5.41 Å². The molecule has 1 aromatic carbocycles. The van der Waals surface area contributed by atoms with Crippen molar-refractivity contribution in [1.82, 2.24) is 9.80 Å². The van der Waals surface area contributed by atoms with Crippen molar-refractivity contribution >= 4 is 5.91 Å². The first-order valence-corrected chi connectivity index (χ1v) is 10.3. The quantitative estimate of drug-likeness (QED) is 0.815. The number of rotatable bonds is 7. The van der Waals surface area contributed by atoms with Crippen LogP contribution in [0.4, 0.5) is 0 Å². The zero-order chi connectivity index (χ0) is 18.4. The van der Waals surface area contributed by atoms with Crippen LogP contribution in [0.1, 0.15) is 50.5 Å². The van der Waals surface area contributed by atoms with Gasteiger partial charge in [-0.1, -0.05) is 49.6 Å². The van der Waals surface area contributed by atoms with Gasteiger partial charge in [0.25, 0.3) is 0 Å². The molecule has 1 saturated heterocycles. The molecular weight excluding hydrogens is 322 g/mol. The SMILES string of the molecule is CN(CC1CCN(Cc2ccccc2)C1)C(=O)CC1(CN)CCCCC1. The maximum absolute atomic E-state index is 12.8. The van der Waals surface area contributed by atoms with Gasteiger partial charge in [0.2, 0.25) is 5.91 Å². The van der Waals surface area contributed by atoms with Crippen molar-refractivity contribution in [3.05, 3.63) is 35.9 Å². The number of carbonyl (C=O) groups is 1. The fourth-order valence-corrected chi connectivity index (χ4v) is 4.75. The summed E-state index contributed by atoms with van der Waals surface area (Å²) in [6.45, 7) is 4.78. The summed E-state index contributed by atoms with van der Waals surface area (Å²) in [5.74, 6) is 0.881. The lowest BCUT2D eigenvalue weighted by Crippen LogP contribution is -2.40. The van der Waals surface area contributed by atoms with E-state index < -0.39 is 0 Å². The molecule has 2 fully saturated rings. The van der Waals surface area contributed by atoms with Crippen molar-refractivity contribution in [2.45, 2.75) is 51.5 Å². The minimum atomic E-state index is 0.0681. The summed E-state index contributed by atoms with van der Waals surface area (Å²) < 4.78 is 0. The number of nitrogens with two attached hydrogens (primary N) is 1. The maximum Gasteiger partial charge on any atom is 0.222 e. The zero-order valence-corrected chi connectivity index (χ0v) is 16.3. The Labute approximate surface area is 158 Å². The number of nitrogens with zero attached hydrogens (tertiary/aromatic N) is 2. The van der Waals surface area contributed by atoms with E-state index in [0.717, 1.165) is 39.0 Å². The van der Waals surface area contributed by atoms with Crippen LogP contribution in [0.5, 0.6) is 0 Å². The van der Waals surface area contributed by atoms with E-state index in [1.54, 1.807) is 0 Å². The third-order valence-electron chi connectivity index (χ3n) is 6.45. The van der Waals surface area contributed by atoms with Gasteiger partial charge < -0.3 is 10.6 Å².